The van der Waals surface area contributed by atoms with Crippen LogP contribution in [0.5, 0.6) is 5.75 Å². The molecule has 0 saturated carbocycles. The van der Waals surface area contributed by atoms with Crippen LogP contribution in [-0.2, 0) is 16.0 Å². The molecule has 100 valence electrons. The first kappa shape index (κ1) is 13.1. The normalized spacial score (nSPS) is 13.6. The molecule has 1 aromatic carbocycles. The first-order chi connectivity index (χ1) is 9.13. The maximum Gasteiger partial charge on any atom is 0.255 e. The average Bonchev–Trinajstić information content (AvgIpc) is 2.43. The fraction of sp³-hybridized carbons (Fsp3) is 0.286. The molecule has 0 aromatic heterocycles. The third-order valence-electron chi connectivity index (χ3n) is 3.02. The van der Waals surface area contributed by atoms with Gasteiger partial charge in [0.05, 0.1) is 5.69 Å². The number of carbonyl (C=O) groups excluding carboxylic acids is 2. The lowest BCUT2D eigenvalue weighted by Gasteiger charge is -2.29. The fourth-order valence-corrected chi connectivity index (χ4v) is 2.22. The van der Waals surface area contributed by atoms with Crippen molar-refractivity contribution in [2.45, 2.75) is 12.8 Å². The third-order valence-corrected chi connectivity index (χ3v) is 3.02. The van der Waals surface area contributed by atoms with E-state index in [-0.39, 0.29) is 12.5 Å². The van der Waals surface area contributed by atoms with E-state index in [9.17, 15) is 9.59 Å². The number of nitrogens with zero attached hydrogens (tertiary/aromatic N) is 1. The molecule has 5 nitrogen and oxygen atoms in total. The summed E-state index contributed by atoms with van der Waals surface area (Å²) < 4.78 is 5.39. The number of fused-ring (bicyclic) bond motifs is 1. The molecule has 19 heavy (non-hydrogen) atoms. The van der Waals surface area contributed by atoms with Gasteiger partial charge >= 0.3 is 0 Å². The van der Waals surface area contributed by atoms with Crippen LogP contribution in [0, 0.1) is 0 Å². The van der Waals surface area contributed by atoms with Crippen molar-refractivity contribution in [3.05, 3.63) is 36.4 Å². The van der Waals surface area contributed by atoms with Crippen molar-refractivity contribution in [3.8, 4) is 5.75 Å². The molecule has 0 atom stereocenters. The van der Waals surface area contributed by atoms with Gasteiger partial charge in [0.1, 0.15) is 5.75 Å². The Kier molecular flexibility index (Phi) is 3.85. The van der Waals surface area contributed by atoms with Gasteiger partial charge in [-0.3, -0.25) is 9.59 Å². The Morgan fingerprint density at radius 3 is 2.95 bits per heavy atom. The lowest BCUT2D eigenvalue weighted by molar-refractivity contribution is -0.120. The van der Waals surface area contributed by atoms with Crippen molar-refractivity contribution in [2.75, 3.05) is 18.1 Å². The first-order valence-corrected chi connectivity index (χ1v) is 6.10. The summed E-state index contributed by atoms with van der Waals surface area (Å²) in [6, 6.07) is 5.44. The zero-order valence-corrected chi connectivity index (χ0v) is 10.6. The van der Waals surface area contributed by atoms with Gasteiger partial charge in [0, 0.05) is 12.1 Å². The van der Waals surface area contributed by atoms with E-state index in [1.165, 1.54) is 6.08 Å². The van der Waals surface area contributed by atoms with Crippen LogP contribution in [0.15, 0.2) is 30.9 Å². The van der Waals surface area contributed by atoms with Gasteiger partial charge in [-0.25, -0.2) is 0 Å². The number of carbonyl (C=O) groups is 2. The number of ether oxygens (including phenoxy) is 1. The van der Waals surface area contributed by atoms with Crippen molar-refractivity contribution >= 4 is 17.5 Å². The van der Waals surface area contributed by atoms with E-state index in [4.69, 9.17) is 10.5 Å². The topological polar surface area (TPSA) is 72.6 Å². The summed E-state index contributed by atoms with van der Waals surface area (Å²) >= 11 is 0. The Labute approximate surface area is 111 Å². The molecule has 1 aliphatic rings. The van der Waals surface area contributed by atoms with E-state index in [2.05, 4.69) is 6.58 Å². The SMILES string of the molecule is C=CC(=O)N1CCCc2c(OCC(N)=O)cccc21. The van der Waals surface area contributed by atoms with Crippen molar-refractivity contribution < 1.29 is 14.3 Å². The number of primary amides is 1. The minimum Gasteiger partial charge on any atom is -0.483 e. The first-order valence-electron chi connectivity index (χ1n) is 6.10. The van der Waals surface area contributed by atoms with Gasteiger partial charge in [0.15, 0.2) is 6.61 Å². The summed E-state index contributed by atoms with van der Waals surface area (Å²) in [6.45, 7) is 4.01. The Bertz CT molecular complexity index is 525. The van der Waals surface area contributed by atoms with E-state index in [1.807, 2.05) is 6.07 Å². The lowest BCUT2D eigenvalue weighted by atomic mass is 10.0. The number of benzene rings is 1. The molecule has 0 radical (unpaired) electrons. The second kappa shape index (κ2) is 5.56. The summed E-state index contributed by atoms with van der Waals surface area (Å²) in [5, 5.41) is 0. The smallest absolute Gasteiger partial charge is 0.255 e. The molecule has 0 bridgehead atoms. The largest absolute Gasteiger partial charge is 0.483 e. The molecular weight excluding hydrogens is 244 g/mol. The monoisotopic (exact) mass is 260 g/mol. The van der Waals surface area contributed by atoms with Gasteiger partial charge in [-0.15, -0.1) is 0 Å². The lowest BCUT2D eigenvalue weighted by Crippen LogP contribution is -2.34. The molecule has 0 aliphatic carbocycles. The number of rotatable bonds is 4. The molecule has 1 heterocycles. The summed E-state index contributed by atoms with van der Waals surface area (Å²) in [4.78, 5) is 24.2. The second-order valence-electron chi connectivity index (χ2n) is 4.31. The number of amides is 2. The molecule has 0 fully saturated rings. The molecular formula is C14H16N2O3. The summed E-state index contributed by atoms with van der Waals surface area (Å²) in [7, 11) is 0. The zero-order chi connectivity index (χ0) is 13.8. The quantitative estimate of drug-likeness (QED) is 0.821. The highest BCUT2D eigenvalue weighted by Gasteiger charge is 2.23. The standard InChI is InChI=1S/C14H16N2O3/c1-2-14(18)16-8-4-5-10-11(16)6-3-7-12(10)19-9-13(15)17/h2-3,6-7H,1,4-5,8-9H2,(H2,15,17). The molecule has 0 spiro atoms. The van der Waals surface area contributed by atoms with Gasteiger partial charge in [-0.05, 0) is 31.1 Å². The number of hydrogen-bond acceptors (Lipinski definition) is 3. The van der Waals surface area contributed by atoms with Gasteiger partial charge in [-0.1, -0.05) is 12.6 Å². The van der Waals surface area contributed by atoms with Gasteiger partial charge in [0.2, 0.25) is 5.91 Å². The van der Waals surface area contributed by atoms with Gasteiger partial charge in [0.25, 0.3) is 5.91 Å². The van der Waals surface area contributed by atoms with Crippen molar-refractivity contribution in [3.63, 3.8) is 0 Å². The summed E-state index contributed by atoms with van der Waals surface area (Å²) in [5.41, 5.74) is 6.82. The second-order valence-corrected chi connectivity index (χ2v) is 4.31. The van der Waals surface area contributed by atoms with Crippen molar-refractivity contribution in [1.82, 2.24) is 0 Å². The Morgan fingerprint density at radius 1 is 1.47 bits per heavy atom. The average molecular weight is 260 g/mol. The predicted octanol–water partition coefficient (Wildman–Crippen LogP) is 1.02. The molecule has 0 saturated heterocycles. The van der Waals surface area contributed by atoms with Crippen LogP contribution in [-0.4, -0.2) is 25.0 Å². The summed E-state index contributed by atoms with van der Waals surface area (Å²) in [5.74, 6) is -0.0432. The Morgan fingerprint density at radius 2 is 2.26 bits per heavy atom. The molecule has 1 aromatic rings. The van der Waals surface area contributed by atoms with E-state index in [0.29, 0.717) is 12.3 Å². The van der Waals surface area contributed by atoms with Crippen molar-refractivity contribution in [1.29, 1.82) is 0 Å². The highest BCUT2D eigenvalue weighted by Crippen LogP contribution is 2.34. The van der Waals surface area contributed by atoms with E-state index in [0.717, 1.165) is 24.1 Å². The highest BCUT2D eigenvalue weighted by molar-refractivity contribution is 6.02. The van der Waals surface area contributed by atoms with Crippen LogP contribution in [0.3, 0.4) is 0 Å². The van der Waals surface area contributed by atoms with Crippen LogP contribution in [0.2, 0.25) is 0 Å². The zero-order valence-electron chi connectivity index (χ0n) is 10.6. The minimum atomic E-state index is -0.521. The third kappa shape index (κ3) is 2.76. The molecule has 2 N–H and O–H groups in total. The fourth-order valence-electron chi connectivity index (χ4n) is 2.22. The molecule has 2 rings (SSSR count). The maximum atomic E-state index is 11.8. The van der Waals surface area contributed by atoms with Crippen LogP contribution < -0.4 is 15.4 Å². The van der Waals surface area contributed by atoms with Gasteiger partial charge < -0.3 is 15.4 Å². The molecule has 2 amide bonds. The highest BCUT2D eigenvalue weighted by atomic mass is 16.5. The predicted molar refractivity (Wildman–Crippen MR) is 72.0 cm³/mol. The van der Waals surface area contributed by atoms with Crippen LogP contribution in [0.1, 0.15) is 12.0 Å². The Balaban J connectivity index is 2.32. The van der Waals surface area contributed by atoms with E-state index < -0.39 is 5.91 Å². The summed E-state index contributed by atoms with van der Waals surface area (Å²) in [6.07, 6.45) is 2.96. The van der Waals surface area contributed by atoms with E-state index in [1.54, 1.807) is 17.0 Å². The van der Waals surface area contributed by atoms with Crippen molar-refractivity contribution in [2.24, 2.45) is 5.73 Å². The van der Waals surface area contributed by atoms with Gasteiger partial charge in [-0.2, -0.15) is 0 Å². The number of nitrogens with two attached hydrogens (primary N) is 1. The van der Waals surface area contributed by atoms with E-state index >= 15 is 0 Å². The van der Waals surface area contributed by atoms with Crippen LogP contribution >= 0.6 is 0 Å². The Hall–Kier alpha value is -2.30. The van der Waals surface area contributed by atoms with Crippen LogP contribution in [0.4, 0.5) is 5.69 Å². The molecule has 5 heteroatoms. The minimum absolute atomic E-state index is 0.131. The number of anilines is 1. The number of hydrogen-bond donors (Lipinski definition) is 1. The molecule has 0 unspecified atom stereocenters. The maximum absolute atomic E-state index is 11.8. The van der Waals surface area contributed by atoms with Crippen LogP contribution in [0.25, 0.3) is 0 Å². The molecule has 1 aliphatic heterocycles.